The highest BCUT2D eigenvalue weighted by molar-refractivity contribution is 7.91. The van der Waals surface area contributed by atoms with Crippen molar-refractivity contribution >= 4 is 21.6 Å². The molecule has 1 aliphatic heterocycles. The molecule has 0 spiro atoms. The minimum Gasteiger partial charge on any atom is -0.477 e. The first kappa shape index (κ1) is 18.6. The molecular weight excluding hydrogens is 397 g/mol. The van der Waals surface area contributed by atoms with Crippen molar-refractivity contribution < 1.29 is 18.1 Å². The van der Waals surface area contributed by atoms with Crippen LogP contribution in [0.1, 0.15) is 35.1 Å². The van der Waals surface area contributed by atoms with Crippen molar-refractivity contribution in [2.24, 2.45) is 9.50 Å². The predicted molar refractivity (Wildman–Crippen MR) is 105 cm³/mol. The molecule has 0 unspecified atom stereocenters. The number of amides is 2. The van der Waals surface area contributed by atoms with Crippen molar-refractivity contribution in [2.45, 2.75) is 56.1 Å². The van der Waals surface area contributed by atoms with Gasteiger partial charge in [0.25, 0.3) is 0 Å². The molecule has 1 aromatic carbocycles. The molecule has 2 aliphatic carbocycles. The normalized spacial score (nSPS) is 21.5. The number of aryl methyl sites for hydroxylation is 2. The Morgan fingerprint density at radius 3 is 3.03 bits per heavy atom. The van der Waals surface area contributed by atoms with Crippen molar-refractivity contribution in [3.63, 3.8) is 0 Å². The van der Waals surface area contributed by atoms with Crippen molar-refractivity contribution in [3.8, 4) is 5.88 Å². The molecular formula is C19H22FN5O3S. The molecule has 0 saturated carbocycles. The van der Waals surface area contributed by atoms with Gasteiger partial charge in [0, 0.05) is 31.5 Å². The second kappa shape index (κ2) is 6.81. The first-order valence-corrected chi connectivity index (χ1v) is 11.4. The third-order valence-corrected chi connectivity index (χ3v) is 7.09. The first-order chi connectivity index (χ1) is 13.9. The molecule has 2 atom stereocenters. The fourth-order valence-corrected chi connectivity index (χ4v) is 5.50. The van der Waals surface area contributed by atoms with E-state index in [-0.39, 0.29) is 11.3 Å². The number of carbonyl (C=O) groups is 1. The Bertz CT molecular complexity index is 1140. The number of hydrogen-bond donors (Lipinski definition) is 2. The Morgan fingerprint density at radius 1 is 1.31 bits per heavy atom. The van der Waals surface area contributed by atoms with E-state index in [4.69, 9.17) is 9.88 Å². The number of alkyl halides is 1. The van der Waals surface area contributed by atoms with Gasteiger partial charge in [-0.05, 0) is 41.5 Å². The highest BCUT2D eigenvalue weighted by Crippen LogP contribution is 2.39. The monoisotopic (exact) mass is 419 g/mol. The number of halogens is 1. The highest BCUT2D eigenvalue weighted by Gasteiger charge is 2.30. The standard InChI is InChI=1S/C19H22FN5O3S/c20-13-8-12-7-11-3-1-4-14(11)17(15(12)9-13)23-19(26)24-29(21,27)16-10-22-25-5-2-6-28-18(16)25/h7,10,13H,1-6,8-9H2,(H3,21,23,24,26,27)/t13-,29+/m0/s1. The van der Waals surface area contributed by atoms with Crippen molar-refractivity contribution in [2.75, 3.05) is 11.9 Å². The molecule has 0 saturated heterocycles. The summed E-state index contributed by atoms with van der Waals surface area (Å²) in [5, 5.41) is 12.8. The number of nitrogens with two attached hydrogens (primary N) is 1. The van der Waals surface area contributed by atoms with Crippen LogP contribution >= 0.6 is 0 Å². The zero-order valence-electron chi connectivity index (χ0n) is 15.8. The molecule has 2 aromatic rings. The number of anilines is 1. The SMILES string of the molecule is N[S@@](=O)(=NC(=O)Nc1c2c(cc3c1C[C@@H](F)C3)CCC2)c1cnn2c1OCCC2. The summed E-state index contributed by atoms with van der Waals surface area (Å²) in [7, 11) is -3.54. The van der Waals surface area contributed by atoms with E-state index in [0.717, 1.165) is 47.9 Å². The summed E-state index contributed by atoms with van der Waals surface area (Å²) >= 11 is 0. The molecule has 8 nitrogen and oxygen atoms in total. The van der Waals surface area contributed by atoms with Crippen molar-refractivity contribution in [1.82, 2.24) is 9.78 Å². The Kier molecular flexibility index (Phi) is 4.36. The molecule has 154 valence electrons. The molecule has 0 radical (unpaired) electrons. The van der Waals surface area contributed by atoms with Crippen LogP contribution < -0.4 is 15.2 Å². The Balaban J connectivity index is 1.49. The Labute approximate surface area is 167 Å². The van der Waals surface area contributed by atoms with E-state index >= 15 is 0 Å². The summed E-state index contributed by atoms with van der Waals surface area (Å²) in [6.45, 7) is 1.09. The quantitative estimate of drug-likeness (QED) is 0.779. The number of carbonyl (C=O) groups excluding carboxylic acids is 1. The van der Waals surface area contributed by atoms with Gasteiger partial charge in [-0.1, -0.05) is 6.07 Å². The summed E-state index contributed by atoms with van der Waals surface area (Å²) in [6.07, 6.45) is 4.52. The highest BCUT2D eigenvalue weighted by atomic mass is 32.2. The van der Waals surface area contributed by atoms with Crippen LogP contribution in [0.25, 0.3) is 0 Å². The van der Waals surface area contributed by atoms with E-state index in [1.54, 1.807) is 4.68 Å². The maximum atomic E-state index is 14.0. The van der Waals surface area contributed by atoms with Gasteiger partial charge in [-0.2, -0.15) is 5.10 Å². The van der Waals surface area contributed by atoms with E-state index in [9.17, 15) is 13.4 Å². The molecule has 1 aromatic heterocycles. The van der Waals surface area contributed by atoms with Crippen LogP contribution in [-0.2, 0) is 42.1 Å². The number of rotatable bonds is 2. The van der Waals surface area contributed by atoms with Gasteiger partial charge in [0.15, 0.2) is 9.92 Å². The Morgan fingerprint density at radius 2 is 2.17 bits per heavy atom. The predicted octanol–water partition coefficient (Wildman–Crippen LogP) is 2.52. The second-order valence-corrected chi connectivity index (χ2v) is 9.47. The number of nitrogens with one attached hydrogen (secondary N) is 1. The van der Waals surface area contributed by atoms with Gasteiger partial charge in [0.05, 0.1) is 12.8 Å². The van der Waals surface area contributed by atoms with Crippen LogP contribution in [0.4, 0.5) is 14.9 Å². The molecule has 10 heteroatoms. The molecule has 29 heavy (non-hydrogen) atoms. The van der Waals surface area contributed by atoms with Gasteiger partial charge in [-0.3, -0.25) is 0 Å². The maximum Gasteiger partial charge on any atom is 0.354 e. The van der Waals surface area contributed by atoms with E-state index in [0.29, 0.717) is 31.1 Å². The number of hydrogen-bond acceptors (Lipinski definition) is 4. The molecule has 0 bridgehead atoms. The molecule has 2 amide bonds. The summed E-state index contributed by atoms with van der Waals surface area (Å²) in [6, 6.07) is 1.25. The zero-order valence-corrected chi connectivity index (χ0v) is 16.6. The molecule has 3 N–H and O–H groups in total. The Hall–Kier alpha value is -2.46. The number of urea groups is 1. The van der Waals surface area contributed by atoms with Crippen LogP contribution in [0.5, 0.6) is 5.88 Å². The van der Waals surface area contributed by atoms with E-state index in [2.05, 4.69) is 20.8 Å². The van der Waals surface area contributed by atoms with Gasteiger partial charge < -0.3 is 10.1 Å². The topological polar surface area (TPSA) is 112 Å². The summed E-state index contributed by atoms with van der Waals surface area (Å²) in [5.41, 5.74) is 4.53. The van der Waals surface area contributed by atoms with Gasteiger partial charge in [-0.15, -0.1) is 4.36 Å². The lowest BCUT2D eigenvalue weighted by atomic mass is 9.99. The average Bonchev–Trinajstić information content (AvgIpc) is 3.37. The number of ether oxygens (including phenoxy) is 1. The molecule has 5 rings (SSSR count). The van der Waals surface area contributed by atoms with Crippen LogP contribution in [0.2, 0.25) is 0 Å². The second-order valence-electron chi connectivity index (χ2n) is 7.72. The van der Waals surface area contributed by atoms with Crippen LogP contribution in [-0.4, -0.2) is 32.8 Å². The lowest BCUT2D eigenvalue weighted by Crippen LogP contribution is -2.21. The fourth-order valence-electron chi connectivity index (χ4n) is 4.50. The largest absolute Gasteiger partial charge is 0.477 e. The van der Waals surface area contributed by atoms with E-state index in [1.807, 2.05) is 0 Å². The lowest BCUT2D eigenvalue weighted by Gasteiger charge is -2.16. The maximum absolute atomic E-state index is 14.0. The van der Waals surface area contributed by atoms with Gasteiger partial charge >= 0.3 is 6.03 Å². The van der Waals surface area contributed by atoms with Gasteiger partial charge in [0.2, 0.25) is 5.88 Å². The van der Waals surface area contributed by atoms with E-state index < -0.39 is 22.1 Å². The lowest BCUT2D eigenvalue weighted by molar-refractivity contribution is 0.224. The number of fused-ring (bicyclic) bond motifs is 3. The van der Waals surface area contributed by atoms with Gasteiger partial charge in [0.1, 0.15) is 11.1 Å². The van der Waals surface area contributed by atoms with Gasteiger partial charge in [-0.25, -0.2) is 23.2 Å². The zero-order chi connectivity index (χ0) is 20.2. The van der Waals surface area contributed by atoms with Crippen LogP contribution in [0, 0.1) is 0 Å². The minimum atomic E-state index is -3.54. The third-order valence-electron chi connectivity index (χ3n) is 5.75. The molecule has 2 heterocycles. The molecule has 3 aliphatic rings. The van der Waals surface area contributed by atoms with Crippen LogP contribution in [0.3, 0.4) is 0 Å². The van der Waals surface area contributed by atoms with Crippen LogP contribution in [0.15, 0.2) is 21.5 Å². The number of aromatic nitrogens is 2. The first-order valence-electron chi connectivity index (χ1n) is 9.77. The number of benzene rings is 1. The summed E-state index contributed by atoms with van der Waals surface area (Å²) in [4.78, 5) is 12.8. The summed E-state index contributed by atoms with van der Waals surface area (Å²) in [5.74, 6) is 0.294. The average molecular weight is 419 g/mol. The van der Waals surface area contributed by atoms with Crippen molar-refractivity contribution in [1.29, 1.82) is 0 Å². The fraction of sp³-hybridized carbons (Fsp3) is 0.474. The number of nitrogens with zero attached hydrogens (tertiary/aromatic N) is 3. The van der Waals surface area contributed by atoms with E-state index in [1.165, 1.54) is 6.20 Å². The minimum absolute atomic E-state index is 0.111. The third kappa shape index (κ3) is 3.20. The smallest absolute Gasteiger partial charge is 0.354 e. The molecule has 0 fully saturated rings. The summed E-state index contributed by atoms with van der Waals surface area (Å²) < 4.78 is 37.9. The van der Waals surface area contributed by atoms with Crippen molar-refractivity contribution in [3.05, 3.63) is 34.5 Å².